The van der Waals surface area contributed by atoms with Crippen LogP contribution in [0.5, 0.6) is 0 Å². The average molecular weight is 623 g/mol. The van der Waals surface area contributed by atoms with Crippen LogP contribution in [0.4, 0.5) is 0 Å². The second-order valence-corrected chi connectivity index (χ2v) is 14.0. The number of phosphoric ester groups is 1. The van der Waals surface area contributed by atoms with Crippen LogP contribution in [0.15, 0.2) is 0 Å². The summed E-state index contributed by atoms with van der Waals surface area (Å²) in [6.45, 7) is 4.22. The lowest BCUT2D eigenvalue weighted by Crippen LogP contribution is -2.37. The molecule has 0 amide bonds. The van der Waals surface area contributed by atoms with Crippen molar-refractivity contribution in [2.24, 2.45) is 0 Å². The molecule has 0 saturated heterocycles. The van der Waals surface area contributed by atoms with Gasteiger partial charge in [-0.25, -0.2) is 4.57 Å². The maximum absolute atomic E-state index is 12.3. The largest absolute Gasteiger partial charge is 0.472 e. The molecule has 0 aromatic carbocycles. The van der Waals surface area contributed by atoms with E-state index in [-0.39, 0.29) is 25.6 Å². The van der Waals surface area contributed by atoms with Gasteiger partial charge in [-0.05, 0) is 12.8 Å². The molecule has 0 radical (unpaired) electrons. The topological polar surface area (TPSA) is 108 Å². The molecule has 1 N–H and O–H groups in total. The van der Waals surface area contributed by atoms with E-state index >= 15 is 0 Å². The fraction of sp³-hybridized carbons (Fsp3) is 0.938. The number of hydrogen-bond acceptors (Lipinski definition) is 7. The van der Waals surface area contributed by atoms with Crippen LogP contribution < -0.4 is 0 Å². The molecular formula is C32H65NO8P+. The number of phosphoric acid groups is 1. The first kappa shape index (κ1) is 41.0. The van der Waals surface area contributed by atoms with Gasteiger partial charge in [0.2, 0.25) is 0 Å². The van der Waals surface area contributed by atoms with E-state index in [9.17, 15) is 19.0 Å². The van der Waals surface area contributed by atoms with Crippen LogP contribution in [-0.4, -0.2) is 74.9 Å². The highest BCUT2D eigenvalue weighted by molar-refractivity contribution is 7.47. The summed E-state index contributed by atoms with van der Waals surface area (Å²) in [5.74, 6) is -0.822. The summed E-state index contributed by atoms with van der Waals surface area (Å²) in [7, 11) is 1.48. The summed E-state index contributed by atoms with van der Waals surface area (Å²) < 4.78 is 33.7. The van der Waals surface area contributed by atoms with Crippen LogP contribution in [0.2, 0.25) is 0 Å². The third-order valence-corrected chi connectivity index (χ3v) is 8.12. The minimum atomic E-state index is -4.34. The number of hydrogen-bond donors (Lipinski definition) is 1. The van der Waals surface area contributed by atoms with E-state index in [1.165, 1.54) is 77.0 Å². The summed E-state index contributed by atoms with van der Waals surface area (Å²) in [4.78, 5) is 34.5. The Balaban J connectivity index is 4.18. The number of carbonyl (C=O) groups is 2. The second-order valence-electron chi connectivity index (χ2n) is 12.6. The lowest BCUT2D eigenvalue weighted by atomic mass is 10.0. The summed E-state index contributed by atoms with van der Waals surface area (Å²) in [6.07, 6.45) is 20.9. The first-order valence-electron chi connectivity index (χ1n) is 16.8. The Hall–Kier alpha value is -0.990. The summed E-state index contributed by atoms with van der Waals surface area (Å²) in [5, 5.41) is 0. The van der Waals surface area contributed by atoms with E-state index in [4.69, 9.17) is 18.5 Å². The van der Waals surface area contributed by atoms with E-state index in [1.54, 1.807) is 0 Å². The molecule has 0 aliphatic heterocycles. The van der Waals surface area contributed by atoms with Gasteiger partial charge in [0.15, 0.2) is 6.10 Å². The van der Waals surface area contributed by atoms with Crippen molar-refractivity contribution in [3.05, 3.63) is 0 Å². The smallest absolute Gasteiger partial charge is 0.462 e. The predicted octanol–water partition coefficient (Wildman–Crippen LogP) is 8.12. The van der Waals surface area contributed by atoms with Gasteiger partial charge in [0.05, 0.1) is 27.7 Å². The molecule has 2 atom stereocenters. The van der Waals surface area contributed by atoms with Gasteiger partial charge < -0.3 is 18.9 Å². The fourth-order valence-electron chi connectivity index (χ4n) is 4.42. The molecule has 2 unspecified atom stereocenters. The van der Waals surface area contributed by atoms with Crippen molar-refractivity contribution in [2.45, 2.75) is 148 Å². The maximum atomic E-state index is 12.3. The molecule has 250 valence electrons. The minimum absolute atomic E-state index is 0.0347. The zero-order valence-electron chi connectivity index (χ0n) is 27.7. The molecule has 0 rings (SSSR count). The molecule has 9 nitrogen and oxygen atoms in total. The first-order valence-corrected chi connectivity index (χ1v) is 18.3. The molecule has 0 aliphatic rings. The quantitative estimate of drug-likeness (QED) is 0.0370. The Morgan fingerprint density at radius 1 is 0.643 bits per heavy atom. The third kappa shape index (κ3) is 29.1. The van der Waals surface area contributed by atoms with E-state index in [2.05, 4.69) is 6.92 Å². The van der Waals surface area contributed by atoms with Gasteiger partial charge in [-0.2, -0.15) is 0 Å². The van der Waals surface area contributed by atoms with E-state index in [0.29, 0.717) is 23.9 Å². The number of likely N-dealkylation sites (N-methyl/N-ethyl adjacent to an activating group) is 1. The molecule has 0 heterocycles. The second kappa shape index (κ2) is 26.4. The minimum Gasteiger partial charge on any atom is -0.462 e. The number of quaternary nitrogens is 1. The van der Waals surface area contributed by atoms with Crippen LogP contribution in [0.3, 0.4) is 0 Å². The van der Waals surface area contributed by atoms with Crippen LogP contribution in [-0.2, 0) is 32.7 Å². The number of rotatable bonds is 30. The van der Waals surface area contributed by atoms with E-state index in [0.717, 1.165) is 32.1 Å². The van der Waals surface area contributed by atoms with Crippen molar-refractivity contribution in [1.29, 1.82) is 0 Å². The van der Waals surface area contributed by atoms with Gasteiger partial charge in [-0.3, -0.25) is 18.6 Å². The van der Waals surface area contributed by atoms with Crippen LogP contribution in [0.25, 0.3) is 0 Å². The van der Waals surface area contributed by atoms with Crippen LogP contribution >= 0.6 is 7.82 Å². The molecule has 42 heavy (non-hydrogen) atoms. The maximum Gasteiger partial charge on any atom is 0.472 e. The zero-order chi connectivity index (χ0) is 31.5. The van der Waals surface area contributed by atoms with Gasteiger partial charge >= 0.3 is 19.8 Å². The Morgan fingerprint density at radius 2 is 1.07 bits per heavy atom. The van der Waals surface area contributed by atoms with Crippen LogP contribution in [0.1, 0.15) is 142 Å². The highest BCUT2D eigenvalue weighted by Gasteiger charge is 2.27. The molecule has 0 saturated carbocycles. The summed E-state index contributed by atoms with van der Waals surface area (Å²) >= 11 is 0. The fourth-order valence-corrected chi connectivity index (χ4v) is 5.17. The van der Waals surface area contributed by atoms with Crippen molar-refractivity contribution >= 4 is 19.8 Å². The number of unbranched alkanes of at least 4 members (excludes halogenated alkanes) is 16. The van der Waals surface area contributed by atoms with E-state index < -0.39 is 26.5 Å². The lowest BCUT2D eigenvalue weighted by Gasteiger charge is -2.24. The SMILES string of the molecule is CCCCCCCCCCCCCCCCCC(=O)OCC(COP(=O)(O)OCC[N+](C)(C)C)OC(=O)CCCCC. The molecule has 10 heteroatoms. The molecule has 0 spiro atoms. The molecule has 0 aromatic rings. The normalized spacial score (nSPS) is 14.0. The van der Waals surface area contributed by atoms with Gasteiger partial charge in [0, 0.05) is 12.8 Å². The monoisotopic (exact) mass is 622 g/mol. The van der Waals surface area contributed by atoms with Crippen molar-refractivity contribution < 1.29 is 42.1 Å². The Bertz CT molecular complexity index is 713. The lowest BCUT2D eigenvalue weighted by molar-refractivity contribution is -0.870. The highest BCUT2D eigenvalue weighted by Crippen LogP contribution is 2.43. The molecule has 0 fully saturated rings. The molecule has 0 aliphatic carbocycles. The average Bonchev–Trinajstić information content (AvgIpc) is 2.91. The van der Waals surface area contributed by atoms with Crippen molar-refractivity contribution in [2.75, 3.05) is 47.5 Å². The van der Waals surface area contributed by atoms with Gasteiger partial charge in [0.1, 0.15) is 19.8 Å². The number of nitrogens with zero attached hydrogens (tertiary/aromatic N) is 1. The third-order valence-electron chi connectivity index (χ3n) is 7.14. The first-order chi connectivity index (χ1) is 20.0. The molecule has 0 aromatic heterocycles. The number of carbonyl (C=O) groups excluding carboxylic acids is 2. The number of esters is 2. The van der Waals surface area contributed by atoms with Gasteiger partial charge in [0.25, 0.3) is 0 Å². The Labute approximate surface area is 257 Å². The zero-order valence-corrected chi connectivity index (χ0v) is 28.6. The van der Waals surface area contributed by atoms with Crippen LogP contribution in [0, 0.1) is 0 Å². The molecular weight excluding hydrogens is 557 g/mol. The van der Waals surface area contributed by atoms with Crippen molar-refractivity contribution in [3.63, 3.8) is 0 Å². The molecule has 0 bridgehead atoms. The van der Waals surface area contributed by atoms with Crippen molar-refractivity contribution in [3.8, 4) is 0 Å². The van der Waals surface area contributed by atoms with E-state index in [1.807, 2.05) is 28.1 Å². The van der Waals surface area contributed by atoms with Crippen molar-refractivity contribution in [1.82, 2.24) is 0 Å². The number of ether oxygens (including phenoxy) is 2. The Morgan fingerprint density at radius 3 is 1.57 bits per heavy atom. The summed E-state index contributed by atoms with van der Waals surface area (Å²) in [6, 6.07) is 0. The van der Waals surface area contributed by atoms with Gasteiger partial charge in [-0.15, -0.1) is 0 Å². The standard InChI is InChI=1S/C32H64NO8P/c1-6-8-10-11-12-13-14-15-16-17-18-19-20-21-23-24-31(34)38-28-30(41-32(35)25-22-9-7-2)29-40-42(36,37)39-27-26-33(3,4)5/h30H,6-29H2,1-5H3/p+1. The highest BCUT2D eigenvalue weighted by atomic mass is 31.2. The Kier molecular flexibility index (Phi) is 25.8. The predicted molar refractivity (Wildman–Crippen MR) is 169 cm³/mol. The van der Waals surface area contributed by atoms with Gasteiger partial charge in [-0.1, -0.05) is 117 Å². The summed E-state index contributed by atoms with van der Waals surface area (Å²) in [5.41, 5.74) is 0.